The van der Waals surface area contributed by atoms with Gasteiger partial charge in [0.25, 0.3) is 0 Å². The maximum Gasteiger partial charge on any atom is 0.0837 e. The van der Waals surface area contributed by atoms with Crippen LogP contribution >= 0.6 is 11.6 Å². The summed E-state index contributed by atoms with van der Waals surface area (Å²) in [4.78, 5) is 0. The van der Waals surface area contributed by atoms with Crippen LogP contribution in [-0.4, -0.2) is 25.9 Å². The molecule has 0 spiro atoms. The van der Waals surface area contributed by atoms with Crippen molar-refractivity contribution in [1.82, 2.24) is 24.7 Å². The van der Waals surface area contributed by atoms with Crippen LogP contribution in [0.25, 0.3) is 5.52 Å². The van der Waals surface area contributed by atoms with Crippen LogP contribution in [0.5, 0.6) is 0 Å². The zero-order valence-corrected chi connectivity index (χ0v) is 12.2. The van der Waals surface area contributed by atoms with E-state index < -0.39 is 0 Å². The molecule has 0 aliphatic carbocycles. The van der Waals surface area contributed by atoms with Crippen molar-refractivity contribution >= 4 is 17.1 Å². The number of halogens is 1. The third-order valence-corrected chi connectivity index (χ3v) is 3.68. The number of aromatic nitrogens is 4. The van der Waals surface area contributed by atoms with Crippen LogP contribution in [0.3, 0.4) is 0 Å². The first kappa shape index (κ1) is 13.1. The largest absolute Gasteiger partial charge is 0.305 e. The van der Waals surface area contributed by atoms with E-state index in [4.69, 9.17) is 11.6 Å². The molecular formula is C14H16ClN5. The van der Waals surface area contributed by atoms with E-state index in [1.54, 1.807) is 6.20 Å². The van der Waals surface area contributed by atoms with Crippen molar-refractivity contribution in [2.45, 2.75) is 13.0 Å². The zero-order chi connectivity index (χ0) is 14.1. The summed E-state index contributed by atoms with van der Waals surface area (Å²) in [5, 5.41) is 12.7. The van der Waals surface area contributed by atoms with Gasteiger partial charge in [-0.2, -0.15) is 10.2 Å². The van der Waals surface area contributed by atoms with Gasteiger partial charge in [-0.1, -0.05) is 24.6 Å². The van der Waals surface area contributed by atoms with Crippen molar-refractivity contribution in [2.24, 2.45) is 7.05 Å². The highest BCUT2D eigenvalue weighted by Gasteiger charge is 2.23. The first-order valence-corrected chi connectivity index (χ1v) is 6.93. The molecule has 0 saturated heterocycles. The first-order chi connectivity index (χ1) is 9.72. The van der Waals surface area contributed by atoms with Crippen LogP contribution in [0.15, 0.2) is 36.8 Å². The molecule has 20 heavy (non-hydrogen) atoms. The third kappa shape index (κ3) is 2.09. The Kier molecular flexibility index (Phi) is 3.46. The van der Waals surface area contributed by atoms with Gasteiger partial charge in [0.1, 0.15) is 0 Å². The van der Waals surface area contributed by atoms with Crippen LogP contribution < -0.4 is 5.32 Å². The normalized spacial score (nSPS) is 12.9. The van der Waals surface area contributed by atoms with E-state index in [2.05, 4.69) is 28.5 Å². The number of nitrogens with one attached hydrogen (secondary N) is 1. The highest BCUT2D eigenvalue weighted by molar-refractivity contribution is 6.31. The molecule has 0 radical (unpaired) electrons. The van der Waals surface area contributed by atoms with Crippen molar-refractivity contribution in [3.05, 3.63) is 53.1 Å². The van der Waals surface area contributed by atoms with Crippen LogP contribution in [0.2, 0.25) is 5.02 Å². The molecule has 0 aliphatic heterocycles. The van der Waals surface area contributed by atoms with Gasteiger partial charge in [0.15, 0.2) is 0 Å². The van der Waals surface area contributed by atoms with Gasteiger partial charge in [-0.15, -0.1) is 0 Å². The summed E-state index contributed by atoms with van der Waals surface area (Å²) >= 11 is 6.29. The Bertz CT molecular complexity index is 711. The summed E-state index contributed by atoms with van der Waals surface area (Å²) in [7, 11) is 1.90. The SMILES string of the molecule is CCNC(c1cnn2ccccc12)c1c(Cl)cnn1C. The summed E-state index contributed by atoms with van der Waals surface area (Å²) in [6.07, 6.45) is 5.49. The van der Waals surface area contributed by atoms with Crippen molar-refractivity contribution in [2.75, 3.05) is 6.54 Å². The Morgan fingerprint density at radius 2 is 2.15 bits per heavy atom. The van der Waals surface area contributed by atoms with E-state index in [-0.39, 0.29) is 6.04 Å². The maximum absolute atomic E-state index is 6.29. The maximum atomic E-state index is 6.29. The number of hydrogen-bond donors (Lipinski definition) is 1. The molecule has 104 valence electrons. The molecule has 1 atom stereocenters. The van der Waals surface area contributed by atoms with Gasteiger partial charge in [0, 0.05) is 18.8 Å². The molecule has 3 rings (SSSR count). The van der Waals surface area contributed by atoms with Gasteiger partial charge >= 0.3 is 0 Å². The van der Waals surface area contributed by atoms with Crippen LogP contribution in [0.4, 0.5) is 0 Å². The minimum absolute atomic E-state index is 0.0279. The summed E-state index contributed by atoms with van der Waals surface area (Å²) in [5.74, 6) is 0. The molecule has 0 fully saturated rings. The molecule has 3 aromatic rings. The molecule has 0 aliphatic rings. The number of nitrogens with zero attached hydrogens (tertiary/aromatic N) is 4. The Labute approximate surface area is 122 Å². The van der Waals surface area contributed by atoms with Crippen molar-refractivity contribution in [3.63, 3.8) is 0 Å². The monoisotopic (exact) mass is 289 g/mol. The second kappa shape index (κ2) is 5.26. The van der Waals surface area contributed by atoms with Gasteiger partial charge in [-0.05, 0) is 18.7 Å². The lowest BCUT2D eigenvalue weighted by molar-refractivity contribution is 0.575. The number of fused-ring (bicyclic) bond motifs is 1. The lowest BCUT2D eigenvalue weighted by Crippen LogP contribution is -2.24. The predicted molar refractivity (Wildman–Crippen MR) is 78.9 cm³/mol. The van der Waals surface area contributed by atoms with Crippen LogP contribution in [0, 0.1) is 0 Å². The van der Waals surface area contributed by atoms with E-state index in [1.165, 1.54) is 0 Å². The quantitative estimate of drug-likeness (QED) is 0.802. The molecule has 0 amide bonds. The standard InChI is InChI=1S/C14H16ClN5/c1-3-16-13(14-11(15)9-17-19(14)2)10-8-18-20-7-5-4-6-12(10)20/h4-9,13,16H,3H2,1-2H3. The van der Waals surface area contributed by atoms with E-state index in [1.807, 2.05) is 40.8 Å². The fourth-order valence-electron chi connectivity index (χ4n) is 2.48. The van der Waals surface area contributed by atoms with Crippen molar-refractivity contribution in [1.29, 1.82) is 0 Å². The highest BCUT2D eigenvalue weighted by atomic mass is 35.5. The van der Waals surface area contributed by atoms with Crippen molar-refractivity contribution < 1.29 is 0 Å². The third-order valence-electron chi connectivity index (χ3n) is 3.39. The molecule has 0 bridgehead atoms. The topological polar surface area (TPSA) is 47.1 Å². The average Bonchev–Trinajstić information content (AvgIpc) is 3.01. The van der Waals surface area contributed by atoms with E-state index in [0.717, 1.165) is 23.3 Å². The zero-order valence-electron chi connectivity index (χ0n) is 11.4. The number of aryl methyl sites for hydroxylation is 1. The van der Waals surface area contributed by atoms with Gasteiger partial charge in [-0.25, -0.2) is 4.52 Å². The molecule has 1 unspecified atom stereocenters. The lowest BCUT2D eigenvalue weighted by atomic mass is 10.1. The van der Waals surface area contributed by atoms with E-state index >= 15 is 0 Å². The van der Waals surface area contributed by atoms with Gasteiger partial charge < -0.3 is 5.32 Å². The molecule has 5 nitrogen and oxygen atoms in total. The Morgan fingerprint density at radius 1 is 1.30 bits per heavy atom. The van der Waals surface area contributed by atoms with E-state index in [0.29, 0.717) is 5.02 Å². The molecular weight excluding hydrogens is 274 g/mol. The predicted octanol–water partition coefficient (Wildman–Crippen LogP) is 2.42. The van der Waals surface area contributed by atoms with Crippen LogP contribution in [-0.2, 0) is 7.05 Å². The van der Waals surface area contributed by atoms with Gasteiger partial charge in [0.2, 0.25) is 0 Å². The lowest BCUT2D eigenvalue weighted by Gasteiger charge is -2.18. The number of hydrogen-bond acceptors (Lipinski definition) is 3. The van der Waals surface area contributed by atoms with Gasteiger partial charge in [0.05, 0.1) is 34.7 Å². The molecule has 3 heterocycles. The summed E-state index contributed by atoms with van der Waals surface area (Å²) in [5.41, 5.74) is 3.11. The highest BCUT2D eigenvalue weighted by Crippen LogP contribution is 2.30. The van der Waals surface area contributed by atoms with Gasteiger partial charge in [-0.3, -0.25) is 4.68 Å². The fraction of sp³-hybridized carbons (Fsp3) is 0.286. The number of rotatable bonds is 4. The Hall–Kier alpha value is -1.85. The molecule has 3 aromatic heterocycles. The Morgan fingerprint density at radius 3 is 2.85 bits per heavy atom. The molecule has 6 heteroatoms. The molecule has 0 saturated carbocycles. The summed E-state index contributed by atoms with van der Waals surface area (Å²) in [6, 6.07) is 5.99. The Balaban J connectivity index is 2.16. The van der Waals surface area contributed by atoms with E-state index in [9.17, 15) is 0 Å². The molecule has 1 N–H and O–H groups in total. The first-order valence-electron chi connectivity index (χ1n) is 6.55. The average molecular weight is 290 g/mol. The minimum atomic E-state index is -0.0279. The van der Waals surface area contributed by atoms with Crippen molar-refractivity contribution in [3.8, 4) is 0 Å². The second-order valence-corrected chi connectivity index (χ2v) is 5.03. The molecule has 0 aromatic carbocycles. The minimum Gasteiger partial charge on any atom is -0.305 e. The second-order valence-electron chi connectivity index (χ2n) is 4.62. The number of pyridine rings is 1. The fourth-order valence-corrected chi connectivity index (χ4v) is 2.75. The van der Waals surface area contributed by atoms with Crippen LogP contribution in [0.1, 0.15) is 24.2 Å². The summed E-state index contributed by atoms with van der Waals surface area (Å²) in [6.45, 7) is 2.90. The summed E-state index contributed by atoms with van der Waals surface area (Å²) < 4.78 is 3.67. The smallest absolute Gasteiger partial charge is 0.0837 e.